The number of benzene rings is 1. The zero-order valence-electron chi connectivity index (χ0n) is 10.5. The molecule has 1 N–H and O–H groups in total. The van der Waals surface area contributed by atoms with Gasteiger partial charge in [0, 0.05) is 17.1 Å². The van der Waals surface area contributed by atoms with Gasteiger partial charge in [-0.2, -0.15) is 0 Å². The second kappa shape index (κ2) is 6.93. The Morgan fingerprint density at radius 3 is 2.62 bits per heavy atom. The van der Waals surface area contributed by atoms with Crippen molar-refractivity contribution in [2.75, 3.05) is 0 Å². The highest BCUT2D eigenvalue weighted by molar-refractivity contribution is 6.30. The van der Waals surface area contributed by atoms with Crippen LogP contribution in [0.2, 0.25) is 5.02 Å². The molecule has 0 spiro atoms. The molecule has 2 unspecified atom stereocenters. The summed E-state index contributed by atoms with van der Waals surface area (Å²) in [6, 6.07) is 9.21. The number of nitrogens with one attached hydrogen (secondary N) is 1. The maximum atomic E-state index is 5.96. The van der Waals surface area contributed by atoms with Crippen molar-refractivity contribution in [1.82, 2.24) is 5.32 Å². The molecular weight excluding hydrogens is 218 g/mol. The molecule has 0 aliphatic rings. The average molecular weight is 240 g/mol. The normalized spacial score (nSPS) is 14.8. The van der Waals surface area contributed by atoms with Crippen molar-refractivity contribution in [3.63, 3.8) is 0 Å². The van der Waals surface area contributed by atoms with E-state index in [0.717, 1.165) is 11.4 Å². The Balaban J connectivity index is 2.42. The fraction of sp³-hybridized carbons (Fsp3) is 0.571. The van der Waals surface area contributed by atoms with Crippen LogP contribution >= 0.6 is 11.6 Å². The fourth-order valence-corrected chi connectivity index (χ4v) is 2.29. The molecule has 0 radical (unpaired) electrons. The van der Waals surface area contributed by atoms with E-state index in [-0.39, 0.29) is 0 Å². The van der Waals surface area contributed by atoms with Gasteiger partial charge < -0.3 is 5.32 Å². The van der Waals surface area contributed by atoms with E-state index in [1.165, 1.54) is 18.4 Å². The average Bonchev–Trinajstić information content (AvgIpc) is 2.17. The molecule has 2 atom stereocenters. The van der Waals surface area contributed by atoms with E-state index in [9.17, 15) is 0 Å². The lowest BCUT2D eigenvalue weighted by Crippen LogP contribution is -2.35. The highest BCUT2D eigenvalue weighted by atomic mass is 35.5. The van der Waals surface area contributed by atoms with Crippen LogP contribution in [0.1, 0.15) is 39.2 Å². The molecule has 2 heteroatoms. The van der Waals surface area contributed by atoms with E-state index in [1.54, 1.807) is 0 Å². The molecule has 0 amide bonds. The topological polar surface area (TPSA) is 12.0 Å². The first-order chi connectivity index (χ1) is 7.61. The molecule has 90 valence electrons. The fourth-order valence-electron chi connectivity index (χ4n) is 2.08. The highest BCUT2D eigenvalue weighted by Gasteiger charge is 2.07. The summed E-state index contributed by atoms with van der Waals surface area (Å²) in [6.45, 7) is 6.70. The molecule has 0 saturated heterocycles. The first-order valence-electron chi connectivity index (χ1n) is 6.12. The molecule has 1 rings (SSSR count). The van der Waals surface area contributed by atoms with Crippen LogP contribution in [0.5, 0.6) is 0 Å². The van der Waals surface area contributed by atoms with Crippen LogP contribution in [-0.2, 0) is 6.42 Å². The van der Waals surface area contributed by atoms with Gasteiger partial charge in [0.2, 0.25) is 0 Å². The van der Waals surface area contributed by atoms with Crippen molar-refractivity contribution in [3.8, 4) is 0 Å². The minimum absolute atomic E-state index is 0.500. The Bertz CT molecular complexity index is 311. The number of hydrogen-bond donors (Lipinski definition) is 1. The first-order valence-corrected chi connectivity index (χ1v) is 6.50. The van der Waals surface area contributed by atoms with Crippen molar-refractivity contribution in [1.29, 1.82) is 0 Å². The van der Waals surface area contributed by atoms with E-state index >= 15 is 0 Å². The SMILES string of the molecule is CCCC(C)NC(C)Cc1cccc(Cl)c1. The van der Waals surface area contributed by atoms with Gasteiger partial charge >= 0.3 is 0 Å². The molecule has 16 heavy (non-hydrogen) atoms. The summed E-state index contributed by atoms with van der Waals surface area (Å²) in [5.41, 5.74) is 1.30. The van der Waals surface area contributed by atoms with Crippen LogP contribution in [0.25, 0.3) is 0 Å². The van der Waals surface area contributed by atoms with Gasteiger partial charge in [-0.1, -0.05) is 37.1 Å². The highest BCUT2D eigenvalue weighted by Crippen LogP contribution is 2.12. The smallest absolute Gasteiger partial charge is 0.0408 e. The quantitative estimate of drug-likeness (QED) is 0.790. The summed E-state index contributed by atoms with van der Waals surface area (Å²) < 4.78 is 0. The lowest BCUT2D eigenvalue weighted by molar-refractivity contribution is 0.441. The van der Waals surface area contributed by atoms with Crippen molar-refractivity contribution in [2.24, 2.45) is 0 Å². The van der Waals surface area contributed by atoms with Crippen LogP contribution in [0, 0.1) is 0 Å². The van der Waals surface area contributed by atoms with E-state index in [0.29, 0.717) is 12.1 Å². The molecule has 1 aromatic rings. The van der Waals surface area contributed by atoms with E-state index in [1.807, 2.05) is 18.2 Å². The zero-order valence-corrected chi connectivity index (χ0v) is 11.2. The summed E-state index contributed by atoms with van der Waals surface area (Å²) in [6.07, 6.45) is 3.51. The predicted molar refractivity (Wildman–Crippen MR) is 72.1 cm³/mol. The molecule has 0 heterocycles. The Kier molecular flexibility index (Phi) is 5.86. The van der Waals surface area contributed by atoms with Gasteiger partial charge in [-0.05, 0) is 44.4 Å². The van der Waals surface area contributed by atoms with Crippen LogP contribution in [0.4, 0.5) is 0 Å². The Labute approximate surface area is 104 Å². The minimum Gasteiger partial charge on any atom is -0.311 e. The molecule has 0 saturated carbocycles. The van der Waals surface area contributed by atoms with Crippen molar-refractivity contribution < 1.29 is 0 Å². The molecule has 0 aliphatic carbocycles. The van der Waals surface area contributed by atoms with E-state index < -0.39 is 0 Å². The third-order valence-corrected chi connectivity index (χ3v) is 2.96. The Morgan fingerprint density at radius 2 is 2.00 bits per heavy atom. The largest absolute Gasteiger partial charge is 0.311 e. The van der Waals surface area contributed by atoms with Crippen LogP contribution < -0.4 is 5.32 Å². The van der Waals surface area contributed by atoms with Crippen LogP contribution in [0.15, 0.2) is 24.3 Å². The molecule has 0 fully saturated rings. The Morgan fingerprint density at radius 1 is 1.25 bits per heavy atom. The Hall–Kier alpha value is -0.530. The predicted octanol–water partition coefficient (Wildman–Crippen LogP) is 4.05. The summed E-state index contributed by atoms with van der Waals surface area (Å²) in [5, 5.41) is 4.43. The minimum atomic E-state index is 0.500. The van der Waals surface area contributed by atoms with Gasteiger partial charge in [0.15, 0.2) is 0 Å². The monoisotopic (exact) mass is 239 g/mol. The number of rotatable bonds is 6. The van der Waals surface area contributed by atoms with E-state index in [2.05, 4.69) is 32.2 Å². The van der Waals surface area contributed by atoms with Crippen LogP contribution in [-0.4, -0.2) is 12.1 Å². The second-order valence-electron chi connectivity index (χ2n) is 4.59. The van der Waals surface area contributed by atoms with Gasteiger partial charge in [0.05, 0.1) is 0 Å². The lowest BCUT2D eigenvalue weighted by Gasteiger charge is -2.19. The lowest BCUT2D eigenvalue weighted by atomic mass is 10.1. The summed E-state index contributed by atoms with van der Waals surface area (Å²) in [7, 11) is 0. The summed E-state index contributed by atoms with van der Waals surface area (Å²) in [5.74, 6) is 0. The van der Waals surface area contributed by atoms with Gasteiger partial charge in [-0.15, -0.1) is 0 Å². The third kappa shape index (κ3) is 5.00. The van der Waals surface area contributed by atoms with Crippen molar-refractivity contribution in [2.45, 2.75) is 52.1 Å². The molecule has 0 bridgehead atoms. The first kappa shape index (κ1) is 13.5. The van der Waals surface area contributed by atoms with Crippen LogP contribution in [0.3, 0.4) is 0 Å². The van der Waals surface area contributed by atoms with Gasteiger partial charge in [-0.25, -0.2) is 0 Å². The maximum absolute atomic E-state index is 5.96. The second-order valence-corrected chi connectivity index (χ2v) is 5.03. The molecule has 0 aliphatic heterocycles. The molecule has 0 aromatic heterocycles. The third-order valence-electron chi connectivity index (χ3n) is 2.72. The zero-order chi connectivity index (χ0) is 12.0. The summed E-state index contributed by atoms with van der Waals surface area (Å²) >= 11 is 5.96. The maximum Gasteiger partial charge on any atom is 0.0408 e. The van der Waals surface area contributed by atoms with Gasteiger partial charge in [0.1, 0.15) is 0 Å². The summed E-state index contributed by atoms with van der Waals surface area (Å²) in [4.78, 5) is 0. The van der Waals surface area contributed by atoms with Gasteiger partial charge in [0.25, 0.3) is 0 Å². The standard InChI is InChI=1S/C14H22ClN/c1-4-6-11(2)16-12(3)9-13-7-5-8-14(15)10-13/h5,7-8,10-12,16H,4,6,9H2,1-3H3. The number of hydrogen-bond acceptors (Lipinski definition) is 1. The molecular formula is C14H22ClN. The van der Waals surface area contributed by atoms with Gasteiger partial charge in [-0.3, -0.25) is 0 Å². The molecule has 1 aromatic carbocycles. The van der Waals surface area contributed by atoms with E-state index in [4.69, 9.17) is 11.6 Å². The van der Waals surface area contributed by atoms with Crippen molar-refractivity contribution >= 4 is 11.6 Å². The number of halogens is 1. The van der Waals surface area contributed by atoms with Crippen molar-refractivity contribution in [3.05, 3.63) is 34.9 Å². The molecule has 1 nitrogen and oxygen atoms in total.